The van der Waals surface area contributed by atoms with Gasteiger partial charge in [-0.1, -0.05) is 0 Å². The number of hydrogen-bond acceptors (Lipinski definition) is 4. The van der Waals surface area contributed by atoms with Crippen molar-refractivity contribution >= 4 is 17.5 Å². The molecule has 0 radical (unpaired) electrons. The summed E-state index contributed by atoms with van der Waals surface area (Å²) in [4.78, 5) is 26.1. The monoisotopic (exact) mass is 291 g/mol. The second-order valence-electron chi connectivity index (χ2n) is 5.18. The maximum Gasteiger partial charge on any atom is 0.254 e. The molecule has 3 N–H and O–H groups in total. The van der Waals surface area contributed by atoms with Crippen LogP contribution in [0.15, 0.2) is 18.2 Å². The molecule has 1 fully saturated rings. The second kappa shape index (κ2) is 6.47. The zero-order chi connectivity index (χ0) is 15.4. The van der Waals surface area contributed by atoms with Crippen LogP contribution in [-0.4, -0.2) is 43.0 Å². The van der Waals surface area contributed by atoms with Crippen molar-refractivity contribution in [2.24, 2.45) is 0 Å². The van der Waals surface area contributed by atoms with Crippen LogP contribution in [0.25, 0.3) is 0 Å². The average Bonchev–Trinajstić information content (AvgIpc) is 3.00. The standard InChI is InChI=1S/C15H21N3O3/c1-10(15(20)18-7-3-4-8-18)17-14(19)12-6-5-11(21-2)9-13(12)16/h5-6,9-10H,3-4,7-8,16H2,1-2H3,(H,17,19). The molecular weight excluding hydrogens is 270 g/mol. The highest BCUT2D eigenvalue weighted by Gasteiger charge is 2.25. The number of hydrogen-bond donors (Lipinski definition) is 2. The highest BCUT2D eigenvalue weighted by atomic mass is 16.5. The number of nitrogen functional groups attached to an aromatic ring is 1. The van der Waals surface area contributed by atoms with E-state index in [4.69, 9.17) is 10.5 Å². The van der Waals surface area contributed by atoms with Crippen LogP contribution in [0.4, 0.5) is 5.69 Å². The first-order valence-corrected chi connectivity index (χ1v) is 7.06. The van der Waals surface area contributed by atoms with Gasteiger partial charge in [-0.25, -0.2) is 0 Å². The van der Waals surface area contributed by atoms with Crippen LogP contribution >= 0.6 is 0 Å². The van der Waals surface area contributed by atoms with E-state index in [1.165, 1.54) is 7.11 Å². The van der Waals surface area contributed by atoms with Crippen molar-refractivity contribution in [2.45, 2.75) is 25.8 Å². The van der Waals surface area contributed by atoms with Crippen molar-refractivity contribution in [3.8, 4) is 5.75 Å². The molecule has 0 bridgehead atoms. The molecule has 114 valence electrons. The third-order valence-corrected chi connectivity index (χ3v) is 3.64. The van der Waals surface area contributed by atoms with Crippen molar-refractivity contribution in [1.29, 1.82) is 0 Å². The van der Waals surface area contributed by atoms with Crippen LogP contribution < -0.4 is 15.8 Å². The third-order valence-electron chi connectivity index (χ3n) is 3.64. The Labute approximate surface area is 124 Å². The largest absolute Gasteiger partial charge is 0.497 e. The lowest BCUT2D eigenvalue weighted by Crippen LogP contribution is -2.46. The van der Waals surface area contributed by atoms with E-state index in [0.717, 1.165) is 25.9 Å². The molecule has 1 aliphatic rings. The van der Waals surface area contributed by atoms with Gasteiger partial charge in [-0.2, -0.15) is 0 Å². The number of nitrogens with two attached hydrogens (primary N) is 1. The van der Waals surface area contributed by atoms with Gasteiger partial charge in [0, 0.05) is 24.8 Å². The first kappa shape index (κ1) is 15.2. The van der Waals surface area contributed by atoms with Crippen molar-refractivity contribution in [3.63, 3.8) is 0 Å². The number of anilines is 1. The van der Waals surface area contributed by atoms with Gasteiger partial charge in [-0.15, -0.1) is 0 Å². The molecule has 21 heavy (non-hydrogen) atoms. The molecule has 2 rings (SSSR count). The first-order chi connectivity index (χ1) is 10.0. The summed E-state index contributed by atoms with van der Waals surface area (Å²) in [6.45, 7) is 3.23. The maximum atomic E-state index is 12.2. The van der Waals surface area contributed by atoms with Crippen LogP contribution in [0, 0.1) is 0 Å². The van der Waals surface area contributed by atoms with Crippen LogP contribution in [0.5, 0.6) is 5.75 Å². The molecule has 1 aromatic rings. The number of rotatable bonds is 4. The summed E-state index contributed by atoms with van der Waals surface area (Å²) >= 11 is 0. The molecule has 0 aromatic heterocycles. The minimum Gasteiger partial charge on any atom is -0.497 e. The van der Waals surface area contributed by atoms with Gasteiger partial charge in [0.2, 0.25) is 5.91 Å². The third kappa shape index (κ3) is 3.45. The fourth-order valence-electron chi connectivity index (χ4n) is 2.42. The van der Waals surface area contributed by atoms with E-state index in [1.54, 1.807) is 30.0 Å². The molecule has 0 saturated carbocycles. The summed E-state index contributed by atoms with van der Waals surface area (Å²) in [6.07, 6.45) is 2.05. The van der Waals surface area contributed by atoms with Gasteiger partial charge in [0.15, 0.2) is 0 Å². The summed E-state index contributed by atoms with van der Waals surface area (Å²) < 4.78 is 5.04. The van der Waals surface area contributed by atoms with Gasteiger partial charge in [0.1, 0.15) is 11.8 Å². The smallest absolute Gasteiger partial charge is 0.254 e. The number of ether oxygens (including phenoxy) is 1. The van der Waals surface area contributed by atoms with Gasteiger partial charge < -0.3 is 20.7 Å². The van der Waals surface area contributed by atoms with Crippen LogP contribution in [-0.2, 0) is 4.79 Å². The maximum absolute atomic E-state index is 12.2. The van der Waals surface area contributed by atoms with Crippen molar-refractivity contribution in [2.75, 3.05) is 25.9 Å². The second-order valence-corrected chi connectivity index (χ2v) is 5.18. The number of carbonyl (C=O) groups is 2. The fourth-order valence-corrected chi connectivity index (χ4v) is 2.42. The lowest BCUT2D eigenvalue weighted by atomic mass is 10.1. The van der Waals surface area contributed by atoms with E-state index in [1.807, 2.05) is 0 Å². The van der Waals surface area contributed by atoms with Crippen LogP contribution in [0.1, 0.15) is 30.1 Å². The van der Waals surface area contributed by atoms with Crippen LogP contribution in [0.3, 0.4) is 0 Å². The minimum atomic E-state index is -0.558. The number of nitrogens with zero attached hydrogens (tertiary/aromatic N) is 1. The van der Waals surface area contributed by atoms with E-state index in [-0.39, 0.29) is 11.8 Å². The summed E-state index contributed by atoms with van der Waals surface area (Å²) in [5.41, 5.74) is 6.51. The lowest BCUT2D eigenvalue weighted by molar-refractivity contribution is -0.131. The Morgan fingerprint density at radius 1 is 1.33 bits per heavy atom. The van der Waals surface area contributed by atoms with Gasteiger partial charge in [0.05, 0.1) is 12.7 Å². The van der Waals surface area contributed by atoms with E-state index in [2.05, 4.69) is 5.32 Å². The first-order valence-electron chi connectivity index (χ1n) is 7.06. The molecule has 6 nitrogen and oxygen atoms in total. The highest BCUT2D eigenvalue weighted by Crippen LogP contribution is 2.19. The summed E-state index contributed by atoms with van der Waals surface area (Å²) in [7, 11) is 1.53. The minimum absolute atomic E-state index is 0.0482. The summed E-state index contributed by atoms with van der Waals surface area (Å²) in [6, 6.07) is 4.29. The van der Waals surface area contributed by atoms with Gasteiger partial charge in [-0.05, 0) is 31.9 Å². The van der Waals surface area contributed by atoms with Crippen molar-refractivity contribution in [1.82, 2.24) is 10.2 Å². The average molecular weight is 291 g/mol. The fraction of sp³-hybridized carbons (Fsp3) is 0.467. The predicted octanol–water partition coefficient (Wildman–Crippen LogP) is 1.02. The Balaban J connectivity index is 2.01. The SMILES string of the molecule is COc1ccc(C(=O)NC(C)C(=O)N2CCCC2)c(N)c1. The topological polar surface area (TPSA) is 84.7 Å². The molecule has 1 aromatic carbocycles. The molecule has 1 unspecified atom stereocenters. The number of amides is 2. The molecular formula is C15H21N3O3. The van der Waals surface area contributed by atoms with Gasteiger partial charge >= 0.3 is 0 Å². The zero-order valence-electron chi connectivity index (χ0n) is 12.4. The molecule has 6 heteroatoms. The van der Waals surface area contributed by atoms with Crippen molar-refractivity contribution in [3.05, 3.63) is 23.8 Å². The highest BCUT2D eigenvalue weighted by molar-refractivity contribution is 6.01. The summed E-state index contributed by atoms with van der Waals surface area (Å²) in [5.74, 6) is 0.188. The van der Waals surface area contributed by atoms with Gasteiger partial charge in [0.25, 0.3) is 5.91 Å². The molecule has 2 amide bonds. The number of nitrogens with one attached hydrogen (secondary N) is 1. The number of carbonyl (C=O) groups excluding carboxylic acids is 2. The predicted molar refractivity (Wildman–Crippen MR) is 80.1 cm³/mol. The number of benzene rings is 1. The lowest BCUT2D eigenvalue weighted by Gasteiger charge is -2.21. The Morgan fingerprint density at radius 2 is 2.00 bits per heavy atom. The Bertz CT molecular complexity index is 539. The van der Waals surface area contributed by atoms with E-state index in [0.29, 0.717) is 17.0 Å². The zero-order valence-corrected chi connectivity index (χ0v) is 12.4. The van der Waals surface area contributed by atoms with Crippen LogP contribution in [0.2, 0.25) is 0 Å². The molecule has 1 atom stereocenters. The van der Waals surface area contributed by atoms with Crippen molar-refractivity contribution < 1.29 is 14.3 Å². The van der Waals surface area contributed by atoms with E-state index in [9.17, 15) is 9.59 Å². The molecule has 1 heterocycles. The Hall–Kier alpha value is -2.24. The van der Waals surface area contributed by atoms with E-state index < -0.39 is 6.04 Å². The van der Waals surface area contributed by atoms with Gasteiger partial charge in [-0.3, -0.25) is 9.59 Å². The Kier molecular flexibility index (Phi) is 4.67. The molecule has 0 aliphatic carbocycles. The summed E-state index contributed by atoms with van der Waals surface area (Å²) in [5, 5.41) is 2.70. The molecule has 1 aliphatic heterocycles. The van der Waals surface area contributed by atoms with E-state index >= 15 is 0 Å². The normalized spacial score (nSPS) is 15.6. The number of methoxy groups -OCH3 is 1. The Morgan fingerprint density at radius 3 is 2.57 bits per heavy atom. The number of likely N-dealkylation sites (tertiary alicyclic amines) is 1. The quantitative estimate of drug-likeness (QED) is 0.811. The molecule has 1 saturated heterocycles. The molecule has 0 spiro atoms.